The van der Waals surface area contributed by atoms with Gasteiger partial charge < -0.3 is 9.26 Å². The van der Waals surface area contributed by atoms with E-state index in [0.29, 0.717) is 24.7 Å². The van der Waals surface area contributed by atoms with E-state index >= 15 is 0 Å². The molecule has 2 aromatic heterocycles. The van der Waals surface area contributed by atoms with Crippen molar-refractivity contribution in [2.75, 3.05) is 0 Å². The Bertz CT molecular complexity index is 738. The first-order valence-electron chi connectivity index (χ1n) is 7.63. The molecule has 0 aliphatic rings. The summed E-state index contributed by atoms with van der Waals surface area (Å²) in [6.45, 7) is 4.41. The summed E-state index contributed by atoms with van der Waals surface area (Å²) >= 11 is 0. The quantitative estimate of drug-likeness (QED) is 0.667. The average molecular weight is 313 g/mol. The van der Waals surface area contributed by atoms with E-state index in [4.69, 9.17) is 9.26 Å². The number of ether oxygens (including phenoxy) is 1. The van der Waals surface area contributed by atoms with Gasteiger partial charge in [-0.2, -0.15) is 4.98 Å². The van der Waals surface area contributed by atoms with Gasteiger partial charge in [0.1, 0.15) is 18.8 Å². The maximum absolute atomic E-state index is 5.59. The van der Waals surface area contributed by atoms with Gasteiger partial charge in [-0.3, -0.25) is 4.57 Å². The first-order chi connectivity index (χ1) is 11.3. The summed E-state index contributed by atoms with van der Waals surface area (Å²) in [7, 11) is 0. The van der Waals surface area contributed by atoms with Crippen LogP contribution in [-0.2, 0) is 17.8 Å². The molecule has 0 bridgehead atoms. The van der Waals surface area contributed by atoms with Crippen LogP contribution in [0.3, 0.4) is 0 Å². The third-order valence-electron chi connectivity index (χ3n) is 3.55. The highest BCUT2D eigenvalue weighted by Crippen LogP contribution is 2.12. The van der Waals surface area contributed by atoms with Crippen LogP contribution in [0.1, 0.15) is 37.8 Å². The molecule has 1 atom stereocenters. The number of hydrogen-bond acceptors (Lipinski definition) is 6. The number of benzene rings is 1. The van der Waals surface area contributed by atoms with Crippen molar-refractivity contribution >= 4 is 0 Å². The molecule has 23 heavy (non-hydrogen) atoms. The Kier molecular flexibility index (Phi) is 4.77. The number of nitrogens with zero attached hydrogens (tertiary/aromatic N) is 5. The topological polar surface area (TPSA) is 78.9 Å². The molecule has 0 spiro atoms. The SMILES string of the molecule is CCC(C)OCc1nc(Cc2nncn2-c2ccccc2)no1. The van der Waals surface area contributed by atoms with Gasteiger partial charge in [0.25, 0.3) is 5.89 Å². The van der Waals surface area contributed by atoms with Crippen LogP contribution in [-0.4, -0.2) is 31.0 Å². The molecule has 0 aliphatic heterocycles. The predicted octanol–water partition coefficient (Wildman–Crippen LogP) is 2.56. The minimum Gasteiger partial charge on any atom is -0.369 e. The summed E-state index contributed by atoms with van der Waals surface area (Å²) in [6, 6.07) is 9.90. The number of hydrogen-bond donors (Lipinski definition) is 0. The molecule has 0 N–H and O–H groups in total. The smallest absolute Gasteiger partial charge is 0.252 e. The lowest BCUT2D eigenvalue weighted by atomic mass is 10.3. The Hall–Kier alpha value is -2.54. The molecular weight excluding hydrogens is 294 g/mol. The van der Waals surface area contributed by atoms with Crippen LogP contribution in [0, 0.1) is 0 Å². The van der Waals surface area contributed by atoms with Gasteiger partial charge in [0.2, 0.25) is 0 Å². The molecule has 2 heterocycles. The van der Waals surface area contributed by atoms with Crippen LogP contribution < -0.4 is 0 Å². The van der Waals surface area contributed by atoms with E-state index in [1.54, 1.807) is 6.33 Å². The lowest BCUT2D eigenvalue weighted by molar-refractivity contribution is 0.0352. The summed E-state index contributed by atoms with van der Waals surface area (Å²) in [4.78, 5) is 4.34. The number of rotatable bonds is 7. The highest BCUT2D eigenvalue weighted by molar-refractivity contribution is 5.32. The first kappa shape index (κ1) is 15.4. The van der Waals surface area contributed by atoms with Crippen LogP contribution in [0.25, 0.3) is 5.69 Å². The molecule has 7 nitrogen and oxygen atoms in total. The van der Waals surface area contributed by atoms with Crippen LogP contribution in [0.2, 0.25) is 0 Å². The highest BCUT2D eigenvalue weighted by atomic mass is 16.5. The second kappa shape index (κ2) is 7.15. The van der Waals surface area contributed by atoms with Gasteiger partial charge >= 0.3 is 0 Å². The van der Waals surface area contributed by atoms with Crippen molar-refractivity contribution in [2.24, 2.45) is 0 Å². The van der Waals surface area contributed by atoms with Crippen molar-refractivity contribution in [3.63, 3.8) is 0 Å². The number of para-hydroxylation sites is 1. The summed E-state index contributed by atoms with van der Waals surface area (Å²) in [5, 5.41) is 12.1. The van der Waals surface area contributed by atoms with E-state index in [2.05, 4.69) is 27.3 Å². The summed E-state index contributed by atoms with van der Waals surface area (Å²) < 4.78 is 12.7. The molecule has 0 fully saturated rings. The molecule has 0 aliphatic carbocycles. The standard InChI is InChI=1S/C16H19N5O2/c1-3-12(2)22-10-16-18-14(20-23-16)9-15-19-17-11-21(15)13-7-5-4-6-8-13/h4-8,11-12H,3,9-10H2,1-2H3. The van der Waals surface area contributed by atoms with E-state index in [0.717, 1.165) is 17.9 Å². The maximum atomic E-state index is 5.59. The lowest BCUT2D eigenvalue weighted by Gasteiger charge is -2.06. The van der Waals surface area contributed by atoms with Gasteiger partial charge in [-0.1, -0.05) is 30.3 Å². The van der Waals surface area contributed by atoms with Gasteiger partial charge in [0, 0.05) is 5.69 Å². The second-order valence-electron chi connectivity index (χ2n) is 5.26. The van der Waals surface area contributed by atoms with E-state index in [9.17, 15) is 0 Å². The zero-order valence-electron chi connectivity index (χ0n) is 13.2. The molecule has 0 amide bonds. The Balaban J connectivity index is 1.69. The molecule has 120 valence electrons. The van der Waals surface area contributed by atoms with Gasteiger partial charge in [-0.25, -0.2) is 0 Å². The van der Waals surface area contributed by atoms with Gasteiger partial charge in [0.05, 0.1) is 12.5 Å². The van der Waals surface area contributed by atoms with Gasteiger partial charge in [0.15, 0.2) is 5.82 Å². The molecular formula is C16H19N5O2. The highest BCUT2D eigenvalue weighted by Gasteiger charge is 2.13. The average Bonchev–Trinajstić information content (AvgIpc) is 3.23. The fourth-order valence-electron chi connectivity index (χ4n) is 2.08. The van der Waals surface area contributed by atoms with Crippen LogP contribution in [0.4, 0.5) is 0 Å². The fourth-order valence-corrected chi connectivity index (χ4v) is 2.08. The molecule has 1 unspecified atom stereocenters. The number of aromatic nitrogens is 5. The van der Waals surface area contributed by atoms with Crippen molar-refractivity contribution in [3.05, 3.63) is 54.2 Å². The molecule has 7 heteroatoms. The minimum absolute atomic E-state index is 0.173. The van der Waals surface area contributed by atoms with Crippen molar-refractivity contribution in [1.29, 1.82) is 0 Å². The largest absolute Gasteiger partial charge is 0.369 e. The molecule has 3 aromatic rings. The van der Waals surface area contributed by atoms with E-state index in [1.165, 1.54) is 0 Å². The van der Waals surface area contributed by atoms with Crippen molar-refractivity contribution in [3.8, 4) is 5.69 Å². The minimum atomic E-state index is 0.173. The summed E-state index contributed by atoms with van der Waals surface area (Å²) in [6.07, 6.45) is 3.24. The molecule has 0 saturated carbocycles. The third kappa shape index (κ3) is 3.81. The lowest BCUT2D eigenvalue weighted by Crippen LogP contribution is -2.06. The predicted molar refractivity (Wildman–Crippen MR) is 83.0 cm³/mol. The maximum Gasteiger partial charge on any atom is 0.252 e. The fraction of sp³-hybridized carbons (Fsp3) is 0.375. The van der Waals surface area contributed by atoms with Crippen LogP contribution in [0.5, 0.6) is 0 Å². The Morgan fingerprint density at radius 2 is 2.09 bits per heavy atom. The second-order valence-corrected chi connectivity index (χ2v) is 5.26. The zero-order valence-corrected chi connectivity index (χ0v) is 13.2. The van der Waals surface area contributed by atoms with Crippen molar-refractivity contribution in [2.45, 2.75) is 39.4 Å². The summed E-state index contributed by atoms with van der Waals surface area (Å²) in [5.74, 6) is 1.80. The Labute approximate surface area is 134 Å². The van der Waals surface area contributed by atoms with Gasteiger partial charge in [-0.05, 0) is 25.5 Å². The third-order valence-corrected chi connectivity index (χ3v) is 3.55. The normalized spacial score (nSPS) is 12.4. The Morgan fingerprint density at radius 3 is 2.87 bits per heavy atom. The molecule has 0 saturated heterocycles. The first-order valence-corrected chi connectivity index (χ1v) is 7.63. The van der Waals surface area contributed by atoms with Gasteiger partial charge in [-0.15, -0.1) is 10.2 Å². The van der Waals surface area contributed by atoms with E-state index in [-0.39, 0.29) is 6.10 Å². The molecule has 0 radical (unpaired) electrons. The molecule has 3 rings (SSSR count). The van der Waals surface area contributed by atoms with Crippen LogP contribution in [0.15, 0.2) is 41.2 Å². The van der Waals surface area contributed by atoms with E-state index < -0.39 is 0 Å². The molecule has 1 aromatic carbocycles. The van der Waals surface area contributed by atoms with E-state index in [1.807, 2.05) is 41.8 Å². The summed E-state index contributed by atoms with van der Waals surface area (Å²) in [5.41, 5.74) is 0.997. The van der Waals surface area contributed by atoms with Crippen molar-refractivity contribution < 1.29 is 9.26 Å². The van der Waals surface area contributed by atoms with Crippen LogP contribution >= 0.6 is 0 Å². The Morgan fingerprint density at radius 1 is 1.26 bits per heavy atom. The monoisotopic (exact) mass is 313 g/mol. The van der Waals surface area contributed by atoms with Crippen molar-refractivity contribution in [1.82, 2.24) is 24.9 Å². The zero-order chi connectivity index (χ0) is 16.1.